The van der Waals surface area contributed by atoms with Gasteiger partial charge in [0.25, 0.3) is 5.91 Å². The van der Waals surface area contributed by atoms with Crippen molar-refractivity contribution in [1.82, 2.24) is 4.90 Å². The van der Waals surface area contributed by atoms with Crippen molar-refractivity contribution in [3.8, 4) is 0 Å². The van der Waals surface area contributed by atoms with Crippen LogP contribution in [0.2, 0.25) is 0 Å². The van der Waals surface area contributed by atoms with Gasteiger partial charge < -0.3 is 4.90 Å². The van der Waals surface area contributed by atoms with Gasteiger partial charge in [-0.15, -0.1) is 0 Å². The Morgan fingerprint density at radius 2 is 1.38 bits per heavy atom. The maximum Gasteiger partial charge on any atom is 0.315 e. The number of hydrogen-bond donors (Lipinski definition) is 0. The van der Waals surface area contributed by atoms with Gasteiger partial charge in [0.15, 0.2) is 0 Å². The molecule has 0 saturated carbocycles. The Labute approximate surface area is 97.0 Å². The van der Waals surface area contributed by atoms with Crippen LogP contribution in [0.3, 0.4) is 0 Å². The van der Waals surface area contributed by atoms with Gasteiger partial charge in [-0.25, -0.2) is 0 Å². The Morgan fingerprint density at radius 3 is 1.62 bits per heavy atom. The molecule has 0 radical (unpaired) electrons. The monoisotopic (exact) mass is 235 g/mol. The maximum absolute atomic E-state index is 12.3. The van der Waals surface area contributed by atoms with Crippen molar-refractivity contribution in [3.05, 3.63) is 0 Å². The van der Waals surface area contributed by atoms with Gasteiger partial charge in [-0.2, -0.15) is 8.78 Å². The first-order valence-corrected chi connectivity index (χ1v) is 5.91. The average Bonchev–Trinajstić information content (AvgIpc) is 2.16. The van der Waals surface area contributed by atoms with Crippen LogP contribution in [0.1, 0.15) is 40.5 Å². The Balaban J connectivity index is 4.21. The fourth-order valence-electron chi connectivity index (χ4n) is 1.30. The second kappa shape index (κ2) is 7.58. The van der Waals surface area contributed by atoms with Crippen molar-refractivity contribution in [1.29, 1.82) is 0 Å². The van der Waals surface area contributed by atoms with Gasteiger partial charge in [-0.05, 0) is 24.7 Å². The summed E-state index contributed by atoms with van der Waals surface area (Å²) in [5.74, 6) is -0.180. The lowest BCUT2D eigenvalue weighted by Gasteiger charge is -2.24. The minimum absolute atomic E-state index is 0.423. The SMILES string of the molecule is CC(C)CCN(CCC(C)C)C(=O)C(F)F. The highest BCUT2D eigenvalue weighted by Crippen LogP contribution is 2.09. The van der Waals surface area contributed by atoms with Gasteiger partial charge in [-0.3, -0.25) is 4.79 Å². The van der Waals surface area contributed by atoms with Gasteiger partial charge in [0, 0.05) is 13.1 Å². The van der Waals surface area contributed by atoms with Crippen molar-refractivity contribution in [2.75, 3.05) is 13.1 Å². The van der Waals surface area contributed by atoms with E-state index in [9.17, 15) is 13.6 Å². The third-order valence-corrected chi connectivity index (χ3v) is 2.45. The van der Waals surface area contributed by atoms with Crippen LogP contribution in [0.5, 0.6) is 0 Å². The molecule has 4 heteroatoms. The first-order chi connectivity index (χ1) is 7.34. The molecule has 2 nitrogen and oxygen atoms in total. The average molecular weight is 235 g/mol. The Hall–Kier alpha value is -0.670. The number of carbonyl (C=O) groups excluding carboxylic acids is 1. The first kappa shape index (κ1) is 15.3. The molecular formula is C12H23F2NO. The lowest BCUT2D eigenvalue weighted by molar-refractivity contribution is -0.143. The van der Waals surface area contributed by atoms with E-state index in [1.165, 1.54) is 4.90 Å². The van der Waals surface area contributed by atoms with Crippen molar-refractivity contribution in [2.24, 2.45) is 11.8 Å². The van der Waals surface area contributed by atoms with Crippen molar-refractivity contribution in [2.45, 2.75) is 47.0 Å². The number of halogens is 2. The molecular weight excluding hydrogens is 212 g/mol. The highest BCUT2D eigenvalue weighted by Gasteiger charge is 2.22. The molecule has 0 bridgehead atoms. The third kappa shape index (κ3) is 6.75. The standard InChI is InChI=1S/C12H23F2NO/c1-9(2)5-7-15(8-6-10(3)4)12(16)11(13)14/h9-11H,5-8H2,1-4H3. The molecule has 0 rings (SSSR count). The third-order valence-electron chi connectivity index (χ3n) is 2.45. The van der Waals surface area contributed by atoms with Crippen molar-refractivity contribution >= 4 is 5.91 Å². The lowest BCUT2D eigenvalue weighted by Crippen LogP contribution is -2.38. The molecule has 16 heavy (non-hydrogen) atoms. The largest absolute Gasteiger partial charge is 0.338 e. The van der Waals surface area contributed by atoms with E-state index in [0.29, 0.717) is 24.9 Å². The van der Waals surface area contributed by atoms with Crippen LogP contribution in [0.4, 0.5) is 8.78 Å². The zero-order chi connectivity index (χ0) is 12.7. The molecule has 0 heterocycles. The maximum atomic E-state index is 12.3. The van der Waals surface area contributed by atoms with E-state index in [-0.39, 0.29) is 0 Å². The molecule has 0 aliphatic rings. The summed E-state index contributed by atoms with van der Waals surface area (Å²) < 4.78 is 24.7. The second-order valence-corrected chi connectivity index (χ2v) is 4.99. The fourth-order valence-corrected chi connectivity index (χ4v) is 1.30. The van der Waals surface area contributed by atoms with Crippen molar-refractivity contribution in [3.63, 3.8) is 0 Å². The smallest absolute Gasteiger partial charge is 0.315 e. The minimum atomic E-state index is -2.88. The van der Waals surface area contributed by atoms with Gasteiger partial charge in [0.05, 0.1) is 0 Å². The van der Waals surface area contributed by atoms with Crippen LogP contribution in [0.25, 0.3) is 0 Å². The van der Waals surface area contributed by atoms with E-state index in [0.717, 1.165) is 12.8 Å². The topological polar surface area (TPSA) is 20.3 Å². The lowest BCUT2D eigenvalue weighted by atomic mass is 10.1. The molecule has 0 unspecified atom stereocenters. The van der Waals surface area contributed by atoms with Gasteiger partial charge in [0.2, 0.25) is 0 Å². The molecule has 0 aromatic heterocycles. The van der Waals surface area contributed by atoms with E-state index in [4.69, 9.17) is 0 Å². The first-order valence-electron chi connectivity index (χ1n) is 5.91. The Kier molecular flexibility index (Phi) is 7.26. The second-order valence-electron chi connectivity index (χ2n) is 4.99. The van der Waals surface area contributed by atoms with E-state index in [1.807, 2.05) is 27.7 Å². The van der Waals surface area contributed by atoms with Crippen LogP contribution < -0.4 is 0 Å². The molecule has 0 atom stereocenters. The Morgan fingerprint density at radius 1 is 1.00 bits per heavy atom. The molecule has 0 spiro atoms. The number of carbonyl (C=O) groups is 1. The number of hydrogen-bond acceptors (Lipinski definition) is 1. The molecule has 0 aliphatic carbocycles. The van der Waals surface area contributed by atoms with E-state index < -0.39 is 12.3 Å². The summed E-state index contributed by atoms with van der Waals surface area (Å²) in [4.78, 5) is 12.5. The van der Waals surface area contributed by atoms with Crippen LogP contribution in [0, 0.1) is 11.8 Å². The fraction of sp³-hybridized carbons (Fsp3) is 0.917. The summed E-state index contributed by atoms with van der Waals surface area (Å²) in [5.41, 5.74) is 0. The molecule has 0 aromatic carbocycles. The molecule has 0 saturated heterocycles. The highest BCUT2D eigenvalue weighted by atomic mass is 19.3. The van der Waals surface area contributed by atoms with Gasteiger partial charge >= 0.3 is 6.43 Å². The van der Waals surface area contributed by atoms with E-state index >= 15 is 0 Å². The summed E-state index contributed by atoms with van der Waals surface area (Å²) in [6.45, 7) is 8.96. The predicted molar refractivity (Wildman–Crippen MR) is 61.5 cm³/mol. The molecule has 0 aliphatic heterocycles. The zero-order valence-corrected chi connectivity index (χ0v) is 10.7. The number of amides is 1. The molecule has 1 amide bonds. The zero-order valence-electron chi connectivity index (χ0n) is 10.7. The van der Waals surface area contributed by atoms with Crippen LogP contribution >= 0.6 is 0 Å². The number of alkyl halides is 2. The normalized spacial score (nSPS) is 11.6. The van der Waals surface area contributed by atoms with Gasteiger partial charge in [-0.1, -0.05) is 27.7 Å². The predicted octanol–water partition coefficient (Wildman–Crippen LogP) is 3.17. The molecule has 0 aromatic rings. The van der Waals surface area contributed by atoms with Crippen LogP contribution in [-0.2, 0) is 4.79 Å². The Bertz CT molecular complexity index is 193. The summed E-state index contributed by atoms with van der Waals surface area (Å²) in [5, 5.41) is 0. The van der Waals surface area contributed by atoms with E-state index in [1.54, 1.807) is 0 Å². The van der Waals surface area contributed by atoms with E-state index in [2.05, 4.69) is 0 Å². The minimum Gasteiger partial charge on any atom is -0.338 e. The number of nitrogens with zero attached hydrogens (tertiary/aromatic N) is 1. The summed E-state index contributed by atoms with van der Waals surface area (Å²) in [6, 6.07) is 0. The van der Waals surface area contributed by atoms with Crippen LogP contribution in [0.15, 0.2) is 0 Å². The highest BCUT2D eigenvalue weighted by molar-refractivity contribution is 5.79. The summed E-state index contributed by atoms with van der Waals surface area (Å²) in [6.07, 6.45) is -1.33. The number of rotatable bonds is 7. The van der Waals surface area contributed by atoms with Crippen molar-refractivity contribution < 1.29 is 13.6 Å². The quantitative estimate of drug-likeness (QED) is 0.663. The van der Waals surface area contributed by atoms with Crippen LogP contribution in [-0.4, -0.2) is 30.3 Å². The molecule has 96 valence electrons. The summed E-state index contributed by atoms with van der Waals surface area (Å²) >= 11 is 0. The van der Waals surface area contributed by atoms with Gasteiger partial charge in [0.1, 0.15) is 0 Å². The molecule has 0 fully saturated rings. The molecule has 0 N–H and O–H groups in total. The summed E-state index contributed by atoms with van der Waals surface area (Å²) in [7, 11) is 0.